The lowest BCUT2D eigenvalue weighted by Crippen LogP contribution is -2.19. The Morgan fingerprint density at radius 2 is 2.10 bits per heavy atom. The zero-order valence-corrected chi connectivity index (χ0v) is 12.6. The van der Waals surface area contributed by atoms with Gasteiger partial charge in [0.25, 0.3) is 0 Å². The van der Waals surface area contributed by atoms with E-state index < -0.39 is 0 Å². The molecular weight excluding hydrogens is 262 g/mol. The lowest BCUT2D eigenvalue weighted by Gasteiger charge is -2.05. The fourth-order valence-corrected chi connectivity index (χ4v) is 2.27. The summed E-state index contributed by atoms with van der Waals surface area (Å²) in [6, 6.07) is 8.94. The maximum atomic E-state index is 5.60. The summed E-state index contributed by atoms with van der Waals surface area (Å²) in [7, 11) is 0. The average molecular weight is 285 g/mol. The minimum Gasteiger partial charge on any atom is -0.494 e. The number of imidazole rings is 1. The number of hydrogen-bond acceptors (Lipinski definition) is 3. The van der Waals surface area contributed by atoms with E-state index >= 15 is 0 Å². The number of H-pyrrole nitrogens is 1. The summed E-state index contributed by atoms with van der Waals surface area (Å²) in [5.41, 5.74) is 2.21. The Balaban J connectivity index is 1.56. The molecule has 1 heterocycles. The van der Waals surface area contributed by atoms with Crippen LogP contribution in [0.5, 0.6) is 5.75 Å². The molecule has 1 aliphatic rings. The quantitative estimate of drug-likeness (QED) is 0.783. The molecule has 1 saturated carbocycles. The number of hydrogen-bond donors (Lipinski definition) is 2. The largest absolute Gasteiger partial charge is 0.494 e. The lowest BCUT2D eigenvalue weighted by molar-refractivity contribution is 0.317. The third kappa shape index (κ3) is 4.08. The zero-order valence-electron chi connectivity index (χ0n) is 12.6. The van der Waals surface area contributed by atoms with E-state index in [1.807, 2.05) is 18.3 Å². The van der Waals surface area contributed by atoms with Crippen molar-refractivity contribution in [1.29, 1.82) is 0 Å². The standard InChI is InChI=1S/C17H23N3O/c1-2-11-21-15-7-3-13(4-8-15)16-12-19-17(20-16)9-10-18-14-5-6-14/h3-4,7-8,12,14,18H,2,5-6,9-11H2,1H3,(H,19,20). The molecule has 2 aromatic rings. The maximum absolute atomic E-state index is 5.60. The van der Waals surface area contributed by atoms with Crippen LogP contribution in [0.3, 0.4) is 0 Å². The molecule has 112 valence electrons. The summed E-state index contributed by atoms with van der Waals surface area (Å²) in [4.78, 5) is 7.85. The molecule has 0 spiro atoms. The van der Waals surface area contributed by atoms with Gasteiger partial charge in [-0.3, -0.25) is 0 Å². The summed E-state index contributed by atoms with van der Waals surface area (Å²) in [6.45, 7) is 3.88. The molecule has 0 bridgehead atoms. The van der Waals surface area contributed by atoms with Crippen LogP contribution in [0.25, 0.3) is 11.3 Å². The van der Waals surface area contributed by atoms with Crippen LogP contribution >= 0.6 is 0 Å². The van der Waals surface area contributed by atoms with Crippen LogP contribution in [0.1, 0.15) is 32.0 Å². The third-order valence-electron chi connectivity index (χ3n) is 3.64. The first-order valence-corrected chi connectivity index (χ1v) is 7.85. The average Bonchev–Trinajstić information content (AvgIpc) is 3.22. The van der Waals surface area contributed by atoms with E-state index in [0.29, 0.717) is 0 Å². The molecule has 0 unspecified atom stereocenters. The number of aromatic nitrogens is 2. The Labute approximate surface area is 125 Å². The molecule has 1 fully saturated rings. The van der Waals surface area contributed by atoms with E-state index in [9.17, 15) is 0 Å². The van der Waals surface area contributed by atoms with Crippen molar-refractivity contribution in [3.8, 4) is 17.0 Å². The van der Waals surface area contributed by atoms with Crippen LogP contribution in [-0.4, -0.2) is 29.2 Å². The molecule has 0 saturated heterocycles. The Morgan fingerprint density at radius 3 is 2.81 bits per heavy atom. The highest BCUT2D eigenvalue weighted by Crippen LogP contribution is 2.21. The third-order valence-corrected chi connectivity index (χ3v) is 3.64. The molecule has 0 aliphatic heterocycles. The highest BCUT2D eigenvalue weighted by atomic mass is 16.5. The summed E-state index contributed by atoms with van der Waals surface area (Å²) < 4.78 is 5.60. The van der Waals surface area contributed by atoms with Crippen molar-refractivity contribution in [1.82, 2.24) is 15.3 Å². The number of benzene rings is 1. The predicted molar refractivity (Wildman–Crippen MR) is 84.5 cm³/mol. The molecule has 2 N–H and O–H groups in total. The number of nitrogens with zero attached hydrogens (tertiary/aromatic N) is 1. The van der Waals surface area contributed by atoms with Crippen molar-refractivity contribution in [3.63, 3.8) is 0 Å². The number of ether oxygens (including phenoxy) is 1. The van der Waals surface area contributed by atoms with Gasteiger partial charge in [-0.05, 0) is 49.1 Å². The molecule has 3 rings (SSSR count). The summed E-state index contributed by atoms with van der Waals surface area (Å²) in [5, 5.41) is 3.50. The monoisotopic (exact) mass is 285 g/mol. The number of aromatic amines is 1. The smallest absolute Gasteiger partial charge is 0.119 e. The van der Waals surface area contributed by atoms with E-state index in [0.717, 1.165) is 54.9 Å². The first kappa shape index (κ1) is 14.1. The first-order chi connectivity index (χ1) is 10.3. The van der Waals surface area contributed by atoms with E-state index in [1.165, 1.54) is 12.8 Å². The van der Waals surface area contributed by atoms with Crippen molar-refractivity contribution in [2.24, 2.45) is 0 Å². The first-order valence-electron chi connectivity index (χ1n) is 7.85. The van der Waals surface area contributed by atoms with Gasteiger partial charge in [0, 0.05) is 19.0 Å². The van der Waals surface area contributed by atoms with Gasteiger partial charge in [-0.25, -0.2) is 4.98 Å². The van der Waals surface area contributed by atoms with Gasteiger partial charge in [-0.15, -0.1) is 0 Å². The fraction of sp³-hybridized carbons (Fsp3) is 0.471. The van der Waals surface area contributed by atoms with E-state index in [2.05, 4.69) is 34.3 Å². The van der Waals surface area contributed by atoms with Gasteiger partial charge < -0.3 is 15.0 Å². The van der Waals surface area contributed by atoms with Crippen LogP contribution in [0.15, 0.2) is 30.5 Å². The minimum atomic E-state index is 0.759. The second-order valence-corrected chi connectivity index (χ2v) is 5.59. The van der Waals surface area contributed by atoms with Gasteiger partial charge in [-0.1, -0.05) is 6.92 Å². The highest BCUT2D eigenvalue weighted by molar-refractivity contribution is 5.59. The van der Waals surface area contributed by atoms with E-state index in [1.54, 1.807) is 0 Å². The van der Waals surface area contributed by atoms with Crippen molar-refractivity contribution in [3.05, 3.63) is 36.3 Å². The Kier molecular flexibility index (Phi) is 4.55. The Bertz CT molecular complexity index is 558. The zero-order chi connectivity index (χ0) is 14.5. The summed E-state index contributed by atoms with van der Waals surface area (Å²) in [5.74, 6) is 1.97. The van der Waals surface area contributed by atoms with Gasteiger partial charge in [-0.2, -0.15) is 0 Å². The molecule has 1 aliphatic carbocycles. The molecule has 21 heavy (non-hydrogen) atoms. The Hall–Kier alpha value is -1.81. The van der Waals surface area contributed by atoms with Gasteiger partial charge >= 0.3 is 0 Å². The second kappa shape index (κ2) is 6.76. The lowest BCUT2D eigenvalue weighted by atomic mass is 10.2. The normalized spacial score (nSPS) is 14.3. The van der Waals surface area contributed by atoms with Gasteiger partial charge in [0.1, 0.15) is 11.6 Å². The molecule has 0 atom stereocenters. The van der Waals surface area contributed by atoms with Gasteiger partial charge in [0.05, 0.1) is 18.5 Å². The molecule has 0 radical (unpaired) electrons. The molecule has 4 heteroatoms. The van der Waals surface area contributed by atoms with Crippen LogP contribution in [0.4, 0.5) is 0 Å². The Morgan fingerprint density at radius 1 is 1.29 bits per heavy atom. The maximum Gasteiger partial charge on any atom is 0.119 e. The summed E-state index contributed by atoms with van der Waals surface area (Å²) in [6.07, 6.45) is 6.55. The molecular formula is C17H23N3O. The van der Waals surface area contributed by atoms with Crippen molar-refractivity contribution >= 4 is 0 Å². The number of rotatable bonds is 8. The van der Waals surface area contributed by atoms with E-state index in [4.69, 9.17) is 4.74 Å². The predicted octanol–water partition coefficient (Wildman–Crippen LogP) is 3.16. The van der Waals surface area contributed by atoms with Crippen molar-refractivity contribution in [2.45, 2.75) is 38.6 Å². The highest BCUT2D eigenvalue weighted by Gasteiger charge is 2.19. The topological polar surface area (TPSA) is 49.9 Å². The van der Waals surface area contributed by atoms with Crippen LogP contribution < -0.4 is 10.1 Å². The van der Waals surface area contributed by atoms with Gasteiger partial charge in [0.2, 0.25) is 0 Å². The van der Waals surface area contributed by atoms with Gasteiger partial charge in [0.15, 0.2) is 0 Å². The molecule has 4 nitrogen and oxygen atoms in total. The molecule has 1 aromatic heterocycles. The van der Waals surface area contributed by atoms with Crippen LogP contribution in [-0.2, 0) is 6.42 Å². The van der Waals surface area contributed by atoms with Crippen LogP contribution in [0.2, 0.25) is 0 Å². The van der Waals surface area contributed by atoms with Crippen molar-refractivity contribution < 1.29 is 4.74 Å². The summed E-state index contributed by atoms with van der Waals surface area (Å²) >= 11 is 0. The van der Waals surface area contributed by atoms with Crippen molar-refractivity contribution in [2.75, 3.05) is 13.2 Å². The molecule has 1 aromatic carbocycles. The van der Waals surface area contributed by atoms with Crippen LogP contribution in [0, 0.1) is 0 Å². The number of nitrogens with one attached hydrogen (secondary N) is 2. The minimum absolute atomic E-state index is 0.759. The van der Waals surface area contributed by atoms with E-state index in [-0.39, 0.29) is 0 Å². The second-order valence-electron chi connectivity index (χ2n) is 5.59. The fourth-order valence-electron chi connectivity index (χ4n) is 2.27. The molecule has 0 amide bonds. The SMILES string of the molecule is CCCOc1ccc(-c2cnc(CCNC3CC3)[nH]2)cc1.